The van der Waals surface area contributed by atoms with Crippen molar-refractivity contribution in [2.24, 2.45) is 5.73 Å². The summed E-state index contributed by atoms with van der Waals surface area (Å²) < 4.78 is 10.9. The van der Waals surface area contributed by atoms with E-state index in [1.54, 1.807) is 0 Å². The Morgan fingerprint density at radius 3 is 1.90 bits per heavy atom. The molecule has 5 heteroatoms. The Bertz CT molecular complexity index is 225. The van der Waals surface area contributed by atoms with Crippen LogP contribution in [-0.4, -0.2) is 74.6 Å². The summed E-state index contributed by atoms with van der Waals surface area (Å²) >= 11 is 0. The van der Waals surface area contributed by atoms with Gasteiger partial charge in [0, 0.05) is 32.8 Å². The van der Waals surface area contributed by atoms with Crippen molar-refractivity contribution in [3.05, 3.63) is 0 Å². The van der Waals surface area contributed by atoms with Crippen molar-refractivity contribution >= 4 is 0 Å². The molecular formula is C15H35N3O2. The summed E-state index contributed by atoms with van der Waals surface area (Å²) in [5, 5.41) is 0. The summed E-state index contributed by atoms with van der Waals surface area (Å²) in [7, 11) is 0. The maximum atomic E-state index is 6.52. The van der Waals surface area contributed by atoms with Gasteiger partial charge in [-0.3, -0.25) is 9.80 Å². The van der Waals surface area contributed by atoms with Gasteiger partial charge in [0.05, 0.1) is 18.9 Å². The van der Waals surface area contributed by atoms with Crippen LogP contribution in [0.3, 0.4) is 0 Å². The predicted octanol–water partition coefficient (Wildman–Crippen LogP) is 1.38. The average molecular weight is 289 g/mol. The zero-order valence-electron chi connectivity index (χ0n) is 14.2. The van der Waals surface area contributed by atoms with Gasteiger partial charge in [-0.05, 0) is 33.9 Å². The van der Waals surface area contributed by atoms with Crippen LogP contribution in [0.4, 0.5) is 0 Å². The molecule has 0 fully saturated rings. The molecule has 2 N–H and O–H groups in total. The maximum absolute atomic E-state index is 6.52. The van der Waals surface area contributed by atoms with Crippen molar-refractivity contribution in [2.75, 3.05) is 59.2 Å². The fraction of sp³-hybridized carbons (Fsp3) is 1.00. The number of hydrogen-bond acceptors (Lipinski definition) is 5. The second-order valence-electron chi connectivity index (χ2n) is 5.20. The van der Waals surface area contributed by atoms with Crippen molar-refractivity contribution in [3.63, 3.8) is 0 Å². The largest absolute Gasteiger partial charge is 0.380 e. The Hall–Kier alpha value is -0.200. The molecule has 20 heavy (non-hydrogen) atoms. The summed E-state index contributed by atoms with van der Waals surface area (Å²) in [5.74, 6) is 0. The minimum absolute atomic E-state index is 0.339. The second-order valence-corrected chi connectivity index (χ2v) is 5.20. The van der Waals surface area contributed by atoms with Gasteiger partial charge < -0.3 is 15.2 Å². The number of rotatable bonds is 13. The molecule has 0 aromatic rings. The van der Waals surface area contributed by atoms with Gasteiger partial charge >= 0.3 is 0 Å². The van der Waals surface area contributed by atoms with Crippen LogP contribution in [0.1, 0.15) is 34.6 Å². The van der Waals surface area contributed by atoms with Crippen LogP contribution in [-0.2, 0) is 9.47 Å². The number of nitrogens with zero attached hydrogens (tertiary/aromatic N) is 2. The molecule has 0 aliphatic rings. The summed E-state index contributed by atoms with van der Waals surface area (Å²) in [6.45, 7) is 18.1. The lowest BCUT2D eigenvalue weighted by Gasteiger charge is -2.41. The van der Waals surface area contributed by atoms with E-state index in [9.17, 15) is 0 Å². The van der Waals surface area contributed by atoms with Crippen molar-refractivity contribution in [1.82, 2.24) is 9.80 Å². The molecule has 5 nitrogen and oxygen atoms in total. The van der Waals surface area contributed by atoms with E-state index in [1.807, 2.05) is 13.8 Å². The van der Waals surface area contributed by atoms with Crippen molar-refractivity contribution in [2.45, 2.75) is 40.3 Å². The lowest BCUT2D eigenvalue weighted by molar-refractivity contribution is 0.0294. The zero-order chi connectivity index (χ0) is 15.4. The number of hydrogen-bond donors (Lipinski definition) is 1. The van der Waals surface area contributed by atoms with Crippen LogP contribution in [0.25, 0.3) is 0 Å². The number of likely N-dealkylation sites (N-methyl/N-ethyl adjacent to an activating group) is 2. The van der Waals surface area contributed by atoms with Crippen LogP contribution >= 0.6 is 0 Å². The van der Waals surface area contributed by atoms with Crippen molar-refractivity contribution in [1.29, 1.82) is 0 Å². The Kier molecular flexibility index (Phi) is 11.3. The molecule has 0 saturated carbocycles. The highest BCUT2D eigenvalue weighted by atomic mass is 16.5. The first-order valence-electron chi connectivity index (χ1n) is 7.93. The molecule has 0 aliphatic heterocycles. The second kappa shape index (κ2) is 11.5. The summed E-state index contributed by atoms with van der Waals surface area (Å²) in [5.41, 5.74) is 6.18. The maximum Gasteiger partial charge on any atom is 0.0789 e. The molecular weight excluding hydrogens is 254 g/mol. The third-order valence-corrected chi connectivity index (χ3v) is 3.56. The number of ether oxygens (including phenoxy) is 2. The molecule has 0 aromatic heterocycles. The quantitative estimate of drug-likeness (QED) is 0.410. The molecule has 0 radical (unpaired) electrons. The van der Waals surface area contributed by atoms with Gasteiger partial charge in [-0.15, -0.1) is 0 Å². The van der Waals surface area contributed by atoms with Gasteiger partial charge in [-0.25, -0.2) is 0 Å². The van der Waals surface area contributed by atoms with Crippen LogP contribution in [0, 0.1) is 0 Å². The molecule has 0 aliphatic carbocycles. The van der Waals surface area contributed by atoms with Gasteiger partial charge in [-0.2, -0.15) is 0 Å². The van der Waals surface area contributed by atoms with Crippen LogP contribution < -0.4 is 5.73 Å². The third kappa shape index (κ3) is 8.17. The van der Waals surface area contributed by atoms with E-state index in [-0.39, 0.29) is 5.66 Å². The highest BCUT2D eigenvalue weighted by molar-refractivity contribution is 4.83. The van der Waals surface area contributed by atoms with Gasteiger partial charge in [0.2, 0.25) is 0 Å². The minimum Gasteiger partial charge on any atom is -0.380 e. The molecule has 0 spiro atoms. The molecule has 0 saturated heterocycles. The summed E-state index contributed by atoms with van der Waals surface area (Å²) in [4.78, 5) is 4.63. The molecule has 1 unspecified atom stereocenters. The summed E-state index contributed by atoms with van der Waals surface area (Å²) in [6, 6.07) is 0. The first kappa shape index (κ1) is 19.8. The molecule has 0 aromatic carbocycles. The predicted molar refractivity (Wildman–Crippen MR) is 84.9 cm³/mol. The first-order valence-corrected chi connectivity index (χ1v) is 7.93. The van der Waals surface area contributed by atoms with E-state index < -0.39 is 0 Å². The highest BCUT2D eigenvalue weighted by Gasteiger charge is 2.27. The van der Waals surface area contributed by atoms with Crippen molar-refractivity contribution < 1.29 is 9.47 Å². The normalized spacial score (nSPS) is 15.0. The Balaban J connectivity index is 4.32. The van der Waals surface area contributed by atoms with Crippen LogP contribution in [0.5, 0.6) is 0 Å². The van der Waals surface area contributed by atoms with Crippen LogP contribution in [0.2, 0.25) is 0 Å². The van der Waals surface area contributed by atoms with E-state index in [0.717, 1.165) is 59.2 Å². The fourth-order valence-electron chi connectivity index (χ4n) is 2.33. The van der Waals surface area contributed by atoms with E-state index in [4.69, 9.17) is 15.2 Å². The van der Waals surface area contributed by atoms with Crippen LogP contribution in [0.15, 0.2) is 0 Å². The van der Waals surface area contributed by atoms with Gasteiger partial charge in [0.1, 0.15) is 0 Å². The third-order valence-electron chi connectivity index (χ3n) is 3.56. The topological polar surface area (TPSA) is 51.0 Å². The molecule has 1 atom stereocenters. The Morgan fingerprint density at radius 2 is 1.45 bits per heavy atom. The van der Waals surface area contributed by atoms with E-state index in [1.165, 1.54) is 0 Å². The molecule has 122 valence electrons. The van der Waals surface area contributed by atoms with E-state index in [2.05, 4.69) is 30.6 Å². The SMILES string of the molecule is CCOCCN(CC)CC(C)(N)N(CC)CCOCC. The standard InChI is InChI=1S/C15H35N3O2/c1-6-17(10-12-19-8-3)14-15(5,16)18(7-2)11-13-20-9-4/h6-14,16H2,1-5H3. The zero-order valence-corrected chi connectivity index (χ0v) is 14.2. The van der Waals surface area contributed by atoms with E-state index in [0.29, 0.717) is 0 Å². The smallest absolute Gasteiger partial charge is 0.0789 e. The minimum atomic E-state index is -0.339. The Labute approximate surface area is 125 Å². The Morgan fingerprint density at radius 1 is 0.900 bits per heavy atom. The first-order chi connectivity index (χ1) is 9.51. The summed E-state index contributed by atoms with van der Waals surface area (Å²) in [6.07, 6.45) is 0. The highest BCUT2D eigenvalue weighted by Crippen LogP contribution is 2.10. The van der Waals surface area contributed by atoms with Crippen molar-refractivity contribution in [3.8, 4) is 0 Å². The van der Waals surface area contributed by atoms with Gasteiger partial charge in [0.15, 0.2) is 0 Å². The molecule has 0 bridgehead atoms. The number of nitrogens with two attached hydrogens (primary N) is 1. The van der Waals surface area contributed by atoms with Gasteiger partial charge in [-0.1, -0.05) is 13.8 Å². The fourth-order valence-corrected chi connectivity index (χ4v) is 2.33. The lowest BCUT2D eigenvalue weighted by Crippen LogP contribution is -2.61. The monoisotopic (exact) mass is 289 g/mol. The lowest BCUT2D eigenvalue weighted by atomic mass is 10.1. The van der Waals surface area contributed by atoms with Gasteiger partial charge in [0.25, 0.3) is 0 Å². The molecule has 0 rings (SSSR count). The molecule has 0 amide bonds. The van der Waals surface area contributed by atoms with E-state index >= 15 is 0 Å². The average Bonchev–Trinajstić information content (AvgIpc) is 2.42. The molecule has 0 heterocycles.